The average Bonchev–Trinajstić information content (AvgIpc) is 3.13. The fraction of sp³-hybridized carbons (Fsp3) is 0.222. The lowest BCUT2D eigenvalue weighted by Gasteiger charge is -2.15. The topological polar surface area (TPSA) is 78.0 Å². The van der Waals surface area contributed by atoms with Gasteiger partial charge < -0.3 is 14.2 Å². The van der Waals surface area contributed by atoms with Gasteiger partial charge in [-0.15, -0.1) is 0 Å². The predicted octanol–water partition coefficient (Wildman–Crippen LogP) is 6.16. The molecule has 1 fully saturated rings. The van der Waals surface area contributed by atoms with Gasteiger partial charge in [0.05, 0.1) is 28.7 Å². The van der Waals surface area contributed by atoms with Gasteiger partial charge >= 0.3 is 0 Å². The molecule has 186 valence electrons. The van der Waals surface area contributed by atoms with Crippen LogP contribution in [0.1, 0.15) is 22.4 Å². The molecule has 0 atom stereocenters. The van der Waals surface area contributed by atoms with E-state index in [2.05, 4.69) is 20.9 Å². The maximum absolute atomic E-state index is 12.9. The molecule has 0 unspecified atom stereocenters. The summed E-state index contributed by atoms with van der Waals surface area (Å²) in [5.74, 6) is 1.42. The molecule has 2 heterocycles. The van der Waals surface area contributed by atoms with Crippen LogP contribution in [0.3, 0.4) is 0 Å². The Morgan fingerprint density at radius 1 is 1.06 bits per heavy atom. The maximum Gasteiger partial charge on any atom is 0.293 e. The number of pyridine rings is 1. The minimum absolute atomic E-state index is 0.169. The molecule has 3 aromatic rings. The Bertz CT molecular complexity index is 1310. The third kappa shape index (κ3) is 6.09. The van der Waals surface area contributed by atoms with Crippen LogP contribution < -0.4 is 14.2 Å². The van der Waals surface area contributed by atoms with Crippen LogP contribution >= 0.6 is 27.7 Å². The standard InChI is InChI=1S/C27H25BrN2O5S/c1-17-7-8-18(2)22(12-17)34-11-10-30-26(31)24(36-27(30)32)15-19-13-21(28)25(23(14-19)33-3)35-16-20-6-4-5-9-29-20/h4-9,12-15H,10-11,16H2,1-3H3/b24-15-. The Balaban J connectivity index is 1.44. The Morgan fingerprint density at radius 3 is 2.64 bits per heavy atom. The molecule has 0 radical (unpaired) electrons. The minimum Gasteiger partial charge on any atom is -0.493 e. The predicted molar refractivity (Wildman–Crippen MR) is 143 cm³/mol. The van der Waals surface area contributed by atoms with Crippen LogP contribution in [0, 0.1) is 13.8 Å². The third-order valence-corrected chi connectivity index (χ3v) is 6.93. The number of carbonyl (C=O) groups is 2. The van der Waals surface area contributed by atoms with Gasteiger partial charge in [0.1, 0.15) is 19.0 Å². The number of ether oxygens (including phenoxy) is 3. The number of carbonyl (C=O) groups excluding carboxylic acids is 2. The molecule has 1 aliphatic rings. The molecule has 7 nitrogen and oxygen atoms in total. The van der Waals surface area contributed by atoms with Crippen LogP contribution in [0.2, 0.25) is 0 Å². The molecule has 9 heteroatoms. The van der Waals surface area contributed by atoms with E-state index in [0.717, 1.165) is 34.3 Å². The van der Waals surface area contributed by atoms with Crippen LogP contribution in [0.5, 0.6) is 17.2 Å². The summed E-state index contributed by atoms with van der Waals surface area (Å²) >= 11 is 4.43. The first-order valence-electron chi connectivity index (χ1n) is 11.2. The van der Waals surface area contributed by atoms with Gasteiger partial charge in [-0.05, 0) is 94.6 Å². The molecule has 0 saturated carbocycles. The molecule has 0 spiro atoms. The van der Waals surface area contributed by atoms with Gasteiger partial charge in [0.25, 0.3) is 11.1 Å². The number of hydrogen-bond acceptors (Lipinski definition) is 7. The summed E-state index contributed by atoms with van der Waals surface area (Å²) in [6.45, 7) is 4.61. The second-order valence-electron chi connectivity index (χ2n) is 8.09. The van der Waals surface area contributed by atoms with Gasteiger partial charge in [-0.1, -0.05) is 18.2 Å². The second kappa shape index (κ2) is 11.6. The van der Waals surface area contributed by atoms with Gasteiger partial charge in [0.2, 0.25) is 0 Å². The van der Waals surface area contributed by atoms with Crippen molar-refractivity contribution in [2.24, 2.45) is 0 Å². The van der Waals surface area contributed by atoms with Crippen molar-refractivity contribution in [1.82, 2.24) is 9.88 Å². The molecule has 2 amide bonds. The van der Waals surface area contributed by atoms with Gasteiger partial charge in [-0.2, -0.15) is 0 Å². The number of imide groups is 1. The van der Waals surface area contributed by atoms with Crippen molar-refractivity contribution < 1.29 is 23.8 Å². The molecule has 36 heavy (non-hydrogen) atoms. The van der Waals surface area contributed by atoms with E-state index >= 15 is 0 Å². The zero-order valence-corrected chi connectivity index (χ0v) is 22.5. The Morgan fingerprint density at radius 2 is 1.89 bits per heavy atom. The number of nitrogens with zero attached hydrogens (tertiary/aromatic N) is 2. The number of amides is 2. The van der Waals surface area contributed by atoms with Crippen molar-refractivity contribution in [2.45, 2.75) is 20.5 Å². The summed E-state index contributed by atoms with van der Waals surface area (Å²) in [7, 11) is 1.54. The molecular formula is C27H25BrN2O5S. The van der Waals surface area contributed by atoms with E-state index in [1.165, 1.54) is 4.90 Å². The van der Waals surface area contributed by atoms with Crippen molar-refractivity contribution >= 4 is 44.9 Å². The molecule has 4 rings (SSSR count). The third-order valence-electron chi connectivity index (χ3n) is 5.43. The molecule has 1 aliphatic heterocycles. The van der Waals surface area contributed by atoms with Crippen molar-refractivity contribution in [3.8, 4) is 17.2 Å². The zero-order chi connectivity index (χ0) is 25.7. The zero-order valence-electron chi connectivity index (χ0n) is 20.1. The highest BCUT2D eigenvalue weighted by Crippen LogP contribution is 2.39. The monoisotopic (exact) mass is 568 g/mol. The number of thioether (sulfide) groups is 1. The maximum atomic E-state index is 12.9. The largest absolute Gasteiger partial charge is 0.493 e. The van der Waals surface area contributed by atoms with E-state index in [1.807, 2.05) is 56.3 Å². The van der Waals surface area contributed by atoms with E-state index in [9.17, 15) is 9.59 Å². The number of methoxy groups -OCH3 is 1. The second-order valence-corrected chi connectivity index (χ2v) is 9.94. The first kappa shape index (κ1) is 25.8. The average molecular weight is 569 g/mol. The summed E-state index contributed by atoms with van der Waals surface area (Å²) in [5, 5.41) is -0.322. The first-order valence-corrected chi connectivity index (χ1v) is 12.8. The molecule has 1 saturated heterocycles. The molecule has 0 bridgehead atoms. The van der Waals surface area contributed by atoms with Gasteiger partial charge in [-0.25, -0.2) is 0 Å². The van der Waals surface area contributed by atoms with Crippen molar-refractivity contribution in [3.05, 3.63) is 86.5 Å². The van der Waals surface area contributed by atoms with Crippen molar-refractivity contribution in [1.29, 1.82) is 0 Å². The lowest BCUT2D eigenvalue weighted by Crippen LogP contribution is -2.32. The van der Waals surface area contributed by atoms with Crippen LogP contribution in [0.4, 0.5) is 4.79 Å². The summed E-state index contributed by atoms with van der Waals surface area (Å²) in [6.07, 6.45) is 3.38. The summed E-state index contributed by atoms with van der Waals surface area (Å²) in [5.41, 5.74) is 3.56. The summed E-state index contributed by atoms with van der Waals surface area (Å²) in [4.78, 5) is 31.3. The molecule has 1 aromatic heterocycles. The van der Waals surface area contributed by atoms with E-state index in [-0.39, 0.29) is 30.9 Å². The van der Waals surface area contributed by atoms with Crippen LogP contribution in [0.15, 0.2) is 64.1 Å². The van der Waals surface area contributed by atoms with Crippen LogP contribution in [0.25, 0.3) is 6.08 Å². The summed E-state index contributed by atoms with van der Waals surface area (Å²) in [6, 6.07) is 15.1. The number of hydrogen-bond donors (Lipinski definition) is 0. The number of aromatic nitrogens is 1. The van der Waals surface area contributed by atoms with E-state index in [4.69, 9.17) is 14.2 Å². The minimum atomic E-state index is -0.347. The van der Waals surface area contributed by atoms with Gasteiger partial charge in [0.15, 0.2) is 11.5 Å². The number of aryl methyl sites for hydroxylation is 2. The van der Waals surface area contributed by atoms with Crippen molar-refractivity contribution in [3.63, 3.8) is 0 Å². The fourth-order valence-electron chi connectivity index (χ4n) is 3.55. The van der Waals surface area contributed by atoms with E-state index in [0.29, 0.717) is 26.4 Å². The Labute approximate surface area is 222 Å². The highest BCUT2D eigenvalue weighted by molar-refractivity contribution is 9.10. The van der Waals surface area contributed by atoms with E-state index in [1.54, 1.807) is 25.4 Å². The Hall–Kier alpha value is -3.30. The smallest absolute Gasteiger partial charge is 0.293 e. The van der Waals surface area contributed by atoms with Crippen LogP contribution in [-0.2, 0) is 11.4 Å². The van der Waals surface area contributed by atoms with E-state index < -0.39 is 0 Å². The SMILES string of the molecule is COc1cc(/C=C2\SC(=O)N(CCOc3cc(C)ccc3C)C2=O)cc(Br)c1OCc1ccccn1. The lowest BCUT2D eigenvalue weighted by molar-refractivity contribution is -0.123. The number of rotatable bonds is 9. The quantitative estimate of drug-likeness (QED) is 0.286. The molecule has 2 aromatic carbocycles. The van der Waals surface area contributed by atoms with Crippen LogP contribution in [-0.4, -0.2) is 41.3 Å². The molecular weight excluding hydrogens is 544 g/mol. The lowest BCUT2D eigenvalue weighted by atomic mass is 10.1. The van der Waals surface area contributed by atoms with Gasteiger partial charge in [-0.3, -0.25) is 19.5 Å². The molecule has 0 N–H and O–H groups in total. The fourth-order valence-corrected chi connectivity index (χ4v) is 4.99. The molecule has 0 aliphatic carbocycles. The number of halogens is 1. The summed E-state index contributed by atoms with van der Waals surface area (Å²) < 4.78 is 17.9. The first-order chi connectivity index (χ1) is 17.4. The Kier molecular flexibility index (Phi) is 8.32. The normalized spacial score (nSPS) is 14.4. The van der Waals surface area contributed by atoms with Crippen molar-refractivity contribution in [2.75, 3.05) is 20.3 Å². The highest BCUT2D eigenvalue weighted by atomic mass is 79.9. The number of benzene rings is 2. The highest BCUT2D eigenvalue weighted by Gasteiger charge is 2.35. The van der Waals surface area contributed by atoms with Gasteiger partial charge in [0, 0.05) is 6.20 Å².